The van der Waals surface area contributed by atoms with Gasteiger partial charge in [0.2, 0.25) is 10.0 Å². The zero-order valence-electron chi connectivity index (χ0n) is 15.5. The summed E-state index contributed by atoms with van der Waals surface area (Å²) < 4.78 is 32.9. The number of likely N-dealkylation sites (tertiary alicyclic amines) is 1. The zero-order valence-corrected chi connectivity index (χ0v) is 17.8. The number of nitrogens with zero attached hydrogens (tertiary/aromatic N) is 1. The minimum absolute atomic E-state index is 0.0301. The van der Waals surface area contributed by atoms with Gasteiger partial charge in [0.05, 0.1) is 11.1 Å². The van der Waals surface area contributed by atoms with E-state index in [-0.39, 0.29) is 27.1 Å². The highest BCUT2D eigenvalue weighted by Gasteiger charge is 2.39. The molecule has 0 spiro atoms. The highest BCUT2D eigenvalue weighted by Crippen LogP contribution is 2.43. The summed E-state index contributed by atoms with van der Waals surface area (Å²) >= 11 is 12.7. The van der Waals surface area contributed by atoms with Crippen LogP contribution in [0.1, 0.15) is 30.1 Å². The maximum atomic E-state index is 12.1. The largest absolute Gasteiger partial charge is 0.482 e. The molecule has 4 rings (SSSR count). The molecule has 2 aromatic rings. The van der Waals surface area contributed by atoms with Crippen molar-refractivity contribution in [2.24, 2.45) is 0 Å². The van der Waals surface area contributed by atoms with Crippen molar-refractivity contribution in [1.82, 2.24) is 9.62 Å². The normalized spacial score (nSPS) is 22.4. The number of fused-ring (bicyclic) bond motifs is 1. The van der Waals surface area contributed by atoms with Crippen LogP contribution < -0.4 is 9.46 Å². The zero-order chi connectivity index (χ0) is 19.9. The van der Waals surface area contributed by atoms with Crippen molar-refractivity contribution >= 4 is 33.2 Å². The lowest BCUT2D eigenvalue weighted by Crippen LogP contribution is -2.38. The molecule has 28 heavy (non-hydrogen) atoms. The maximum absolute atomic E-state index is 12.1. The quantitative estimate of drug-likeness (QED) is 0.761. The Labute approximate surface area is 175 Å². The molecule has 1 aliphatic carbocycles. The third-order valence-corrected chi connectivity index (χ3v) is 8.01. The lowest BCUT2D eigenvalue weighted by molar-refractivity contribution is 0.0941. The van der Waals surface area contributed by atoms with Crippen molar-refractivity contribution in [1.29, 1.82) is 0 Å². The Kier molecular flexibility index (Phi) is 5.60. The number of halogens is 2. The Morgan fingerprint density at radius 2 is 1.79 bits per heavy atom. The molecular formula is C20H22Cl2N2O3S. The predicted molar refractivity (Wildman–Crippen MR) is 111 cm³/mol. The average Bonchev–Trinajstić information content (AvgIpc) is 3.33. The Morgan fingerprint density at radius 1 is 1.07 bits per heavy atom. The molecule has 8 heteroatoms. The first-order valence-electron chi connectivity index (χ1n) is 9.32. The average molecular weight is 441 g/mol. The van der Waals surface area contributed by atoms with Crippen LogP contribution in [0, 0.1) is 0 Å². The second kappa shape index (κ2) is 7.84. The van der Waals surface area contributed by atoms with Crippen molar-refractivity contribution in [3.8, 4) is 5.75 Å². The molecule has 150 valence electrons. The number of ether oxygens (including phenoxy) is 1. The van der Waals surface area contributed by atoms with E-state index in [1.165, 1.54) is 31.5 Å². The second-order valence-electron chi connectivity index (χ2n) is 7.15. The van der Waals surface area contributed by atoms with Crippen molar-refractivity contribution in [2.75, 3.05) is 20.1 Å². The van der Waals surface area contributed by atoms with E-state index in [0.29, 0.717) is 5.75 Å². The topological polar surface area (TPSA) is 58.6 Å². The number of hydrogen-bond donors (Lipinski definition) is 1. The number of benzene rings is 2. The SMILES string of the molecule is CNS(=O)(=O)c1ccc(O[C@H]2c3ccccc3C[C@@H]2N2CCCC2)c(Cl)c1Cl. The molecule has 0 radical (unpaired) electrons. The van der Waals surface area contributed by atoms with Crippen LogP contribution in [0.4, 0.5) is 0 Å². The van der Waals surface area contributed by atoms with Crippen molar-refractivity contribution < 1.29 is 13.2 Å². The van der Waals surface area contributed by atoms with Gasteiger partial charge in [0.25, 0.3) is 0 Å². The lowest BCUT2D eigenvalue weighted by Gasteiger charge is -2.30. The summed E-state index contributed by atoms with van der Waals surface area (Å²) in [4.78, 5) is 2.41. The van der Waals surface area contributed by atoms with Gasteiger partial charge in [-0.2, -0.15) is 0 Å². The summed E-state index contributed by atoms with van der Waals surface area (Å²) in [5.74, 6) is 0.396. The maximum Gasteiger partial charge on any atom is 0.241 e. The summed E-state index contributed by atoms with van der Waals surface area (Å²) in [5.41, 5.74) is 2.43. The van der Waals surface area contributed by atoms with E-state index in [1.54, 1.807) is 6.07 Å². The molecule has 2 aromatic carbocycles. The first-order chi connectivity index (χ1) is 13.4. The number of hydrogen-bond acceptors (Lipinski definition) is 4. The van der Waals surface area contributed by atoms with Gasteiger partial charge in [-0.1, -0.05) is 47.5 Å². The smallest absolute Gasteiger partial charge is 0.241 e. The Balaban J connectivity index is 1.69. The van der Waals surface area contributed by atoms with Crippen molar-refractivity contribution in [3.05, 3.63) is 57.6 Å². The molecule has 1 fully saturated rings. The van der Waals surface area contributed by atoms with E-state index in [4.69, 9.17) is 27.9 Å². The summed E-state index contributed by atoms with van der Waals surface area (Å²) in [6, 6.07) is 11.5. The summed E-state index contributed by atoms with van der Waals surface area (Å²) in [6.45, 7) is 2.12. The minimum atomic E-state index is -3.70. The molecule has 1 N–H and O–H groups in total. The third kappa shape index (κ3) is 3.53. The molecule has 5 nitrogen and oxygen atoms in total. The van der Waals surface area contributed by atoms with E-state index in [2.05, 4.69) is 21.8 Å². The van der Waals surface area contributed by atoms with E-state index in [9.17, 15) is 8.42 Å². The Hall–Kier alpha value is -1.31. The van der Waals surface area contributed by atoms with Crippen LogP contribution in [0.15, 0.2) is 41.3 Å². The van der Waals surface area contributed by atoms with Gasteiger partial charge in [-0.05, 0) is 62.7 Å². The number of rotatable bonds is 5. The molecule has 1 saturated heterocycles. The van der Waals surface area contributed by atoms with Crippen LogP contribution in [0.3, 0.4) is 0 Å². The molecule has 0 unspecified atom stereocenters. The van der Waals surface area contributed by atoms with Crippen molar-refractivity contribution in [2.45, 2.75) is 36.3 Å². The minimum Gasteiger partial charge on any atom is -0.482 e. The third-order valence-electron chi connectivity index (χ3n) is 5.57. The fourth-order valence-corrected chi connectivity index (χ4v) is 5.66. The van der Waals surface area contributed by atoms with E-state index in [0.717, 1.165) is 25.1 Å². The number of nitrogens with one attached hydrogen (secondary N) is 1. The summed E-state index contributed by atoms with van der Waals surface area (Å²) in [6.07, 6.45) is 3.15. The Morgan fingerprint density at radius 3 is 2.50 bits per heavy atom. The van der Waals surface area contributed by atoms with Gasteiger partial charge in [-0.25, -0.2) is 13.1 Å². The first-order valence-corrected chi connectivity index (χ1v) is 11.6. The number of sulfonamides is 1. The van der Waals surface area contributed by atoms with E-state index < -0.39 is 10.0 Å². The molecule has 1 aliphatic heterocycles. The fraction of sp³-hybridized carbons (Fsp3) is 0.400. The van der Waals surface area contributed by atoms with Gasteiger partial charge in [-0.15, -0.1) is 0 Å². The van der Waals surface area contributed by atoms with E-state index in [1.807, 2.05) is 12.1 Å². The molecule has 0 saturated carbocycles. The van der Waals surface area contributed by atoms with Gasteiger partial charge in [0.15, 0.2) is 0 Å². The van der Waals surface area contributed by atoms with Gasteiger partial charge in [0, 0.05) is 0 Å². The standard InChI is InChI=1S/C20H22Cl2N2O3S/c1-23-28(25,26)17-9-8-16(18(21)19(17)22)27-20-14-7-3-2-6-13(14)12-15(20)24-10-4-5-11-24/h2-3,6-9,15,20,23H,4-5,10-12H2,1H3/t15-,20-/m0/s1. The van der Waals surface area contributed by atoms with Crippen LogP contribution in [-0.4, -0.2) is 39.5 Å². The fourth-order valence-electron chi connectivity index (χ4n) is 4.13. The van der Waals surface area contributed by atoms with Crippen LogP contribution in [0.2, 0.25) is 10.0 Å². The highest BCUT2D eigenvalue weighted by molar-refractivity contribution is 7.89. The lowest BCUT2D eigenvalue weighted by atomic mass is 10.1. The van der Waals surface area contributed by atoms with Gasteiger partial charge >= 0.3 is 0 Å². The highest BCUT2D eigenvalue weighted by atomic mass is 35.5. The molecule has 0 aromatic heterocycles. The predicted octanol–water partition coefficient (Wildman–Crippen LogP) is 4.04. The molecule has 2 atom stereocenters. The van der Waals surface area contributed by atoms with Crippen LogP contribution in [-0.2, 0) is 16.4 Å². The second-order valence-corrected chi connectivity index (χ2v) is 9.76. The Bertz CT molecular complexity index is 991. The van der Waals surface area contributed by atoms with Crippen molar-refractivity contribution in [3.63, 3.8) is 0 Å². The van der Waals surface area contributed by atoms with Gasteiger partial charge in [0.1, 0.15) is 21.8 Å². The monoisotopic (exact) mass is 440 g/mol. The van der Waals surface area contributed by atoms with Crippen LogP contribution in [0.25, 0.3) is 0 Å². The molecule has 0 amide bonds. The summed E-state index contributed by atoms with van der Waals surface area (Å²) in [7, 11) is -2.36. The molecule has 2 aliphatic rings. The summed E-state index contributed by atoms with van der Waals surface area (Å²) in [5, 5.41) is 0.0834. The van der Waals surface area contributed by atoms with Gasteiger partial charge < -0.3 is 4.74 Å². The van der Waals surface area contributed by atoms with Gasteiger partial charge in [-0.3, -0.25) is 4.90 Å². The molecule has 0 bridgehead atoms. The molecular weight excluding hydrogens is 419 g/mol. The first kappa shape index (κ1) is 20.0. The molecule has 1 heterocycles. The van der Waals surface area contributed by atoms with Crippen LogP contribution >= 0.6 is 23.2 Å². The van der Waals surface area contributed by atoms with E-state index >= 15 is 0 Å². The van der Waals surface area contributed by atoms with Crippen LogP contribution in [0.5, 0.6) is 5.75 Å².